The van der Waals surface area contributed by atoms with Gasteiger partial charge < -0.3 is 9.88 Å². The third-order valence-electron chi connectivity index (χ3n) is 5.77. The molecular formula is C18H21N3O. The van der Waals surface area contributed by atoms with Gasteiger partial charge in [-0.1, -0.05) is 24.6 Å². The van der Waals surface area contributed by atoms with Crippen molar-refractivity contribution in [3.05, 3.63) is 35.5 Å². The van der Waals surface area contributed by atoms with Gasteiger partial charge in [0.2, 0.25) is 5.91 Å². The number of carbonyl (C=O) groups excluding carboxylic acids is 1. The first-order valence-electron chi connectivity index (χ1n) is 8.46. The number of benzene rings is 1. The van der Waals surface area contributed by atoms with Crippen molar-refractivity contribution >= 4 is 16.8 Å². The molecular weight excluding hydrogens is 274 g/mol. The maximum atomic E-state index is 12.6. The van der Waals surface area contributed by atoms with Crippen LogP contribution in [0.2, 0.25) is 0 Å². The number of H-pyrrole nitrogens is 1. The van der Waals surface area contributed by atoms with Crippen LogP contribution in [-0.2, 0) is 11.2 Å². The first kappa shape index (κ1) is 12.7. The molecule has 0 aliphatic carbocycles. The summed E-state index contributed by atoms with van der Waals surface area (Å²) in [4.78, 5) is 20.8. The Hall–Kier alpha value is -1.81. The third kappa shape index (κ3) is 1.64. The Kier molecular flexibility index (Phi) is 2.65. The summed E-state index contributed by atoms with van der Waals surface area (Å²) in [6.07, 6.45) is 4.71. The fourth-order valence-electron chi connectivity index (χ4n) is 4.78. The molecule has 2 aromatic rings. The van der Waals surface area contributed by atoms with Gasteiger partial charge in [0.05, 0.1) is 12.6 Å². The number of piperidine rings is 1. The summed E-state index contributed by atoms with van der Waals surface area (Å²) in [5, 5.41) is 1.34. The van der Waals surface area contributed by atoms with Crippen LogP contribution in [0.15, 0.2) is 24.3 Å². The van der Waals surface area contributed by atoms with Crippen LogP contribution < -0.4 is 0 Å². The highest BCUT2D eigenvalue weighted by atomic mass is 16.2. The third-order valence-corrected chi connectivity index (χ3v) is 5.77. The van der Waals surface area contributed by atoms with Crippen LogP contribution in [0.4, 0.5) is 0 Å². The number of nitrogens with one attached hydrogen (secondary N) is 1. The lowest BCUT2D eigenvalue weighted by Gasteiger charge is -2.51. The molecule has 1 aromatic carbocycles. The Morgan fingerprint density at radius 2 is 2.05 bits per heavy atom. The molecule has 1 aromatic heterocycles. The van der Waals surface area contributed by atoms with Crippen molar-refractivity contribution in [1.82, 2.24) is 14.8 Å². The molecule has 5 rings (SSSR count). The van der Waals surface area contributed by atoms with Crippen molar-refractivity contribution in [3.8, 4) is 0 Å². The van der Waals surface area contributed by atoms with E-state index in [1.165, 1.54) is 41.4 Å². The average molecular weight is 295 g/mol. The molecule has 4 heterocycles. The van der Waals surface area contributed by atoms with Gasteiger partial charge in [0.15, 0.2) is 0 Å². The van der Waals surface area contributed by atoms with E-state index >= 15 is 0 Å². The van der Waals surface area contributed by atoms with Gasteiger partial charge in [-0.2, -0.15) is 0 Å². The van der Waals surface area contributed by atoms with Crippen molar-refractivity contribution in [1.29, 1.82) is 0 Å². The normalized spacial score (nSPS) is 28.4. The summed E-state index contributed by atoms with van der Waals surface area (Å²) in [5.41, 5.74) is 3.96. The van der Waals surface area contributed by atoms with E-state index in [1.807, 2.05) is 0 Å². The number of aromatic nitrogens is 1. The summed E-state index contributed by atoms with van der Waals surface area (Å²) in [6.45, 7) is 2.58. The molecule has 2 saturated heterocycles. The predicted octanol–water partition coefficient (Wildman–Crippen LogP) is 2.46. The number of hydrogen-bond acceptors (Lipinski definition) is 2. The van der Waals surface area contributed by atoms with E-state index in [0.29, 0.717) is 18.5 Å². The van der Waals surface area contributed by atoms with E-state index in [1.54, 1.807) is 0 Å². The molecule has 3 aliphatic heterocycles. The molecule has 4 nitrogen and oxygen atoms in total. The molecule has 0 bridgehead atoms. The van der Waals surface area contributed by atoms with Crippen molar-refractivity contribution in [2.75, 3.05) is 19.6 Å². The van der Waals surface area contributed by atoms with Crippen LogP contribution in [0.3, 0.4) is 0 Å². The van der Waals surface area contributed by atoms with E-state index in [2.05, 4.69) is 39.0 Å². The number of hydrogen-bond donors (Lipinski definition) is 1. The van der Waals surface area contributed by atoms with Crippen LogP contribution in [-0.4, -0.2) is 46.4 Å². The van der Waals surface area contributed by atoms with Crippen LogP contribution >= 0.6 is 0 Å². The fourth-order valence-corrected chi connectivity index (χ4v) is 4.78. The molecule has 0 radical (unpaired) electrons. The minimum absolute atomic E-state index is 0.234. The minimum atomic E-state index is 0.234. The topological polar surface area (TPSA) is 39.3 Å². The standard InChI is InChI=1S/C18H21N3O/c22-16-11-20-9-4-3-7-15(20)18-17-13(8-10-21(16)18)12-5-1-2-6-14(12)19-17/h1-2,5-6,15,18-19H,3-4,7-11H2/t15-,18+/m0/s1. The number of aromatic amines is 1. The van der Waals surface area contributed by atoms with Crippen LogP contribution in [0.25, 0.3) is 10.9 Å². The molecule has 3 aliphatic rings. The number of piperazine rings is 1. The van der Waals surface area contributed by atoms with Crippen molar-refractivity contribution in [3.63, 3.8) is 0 Å². The SMILES string of the molecule is O=C1CN2CCCC[C@H]2[C@@H]2c3[nH]c4ccccc4c3CCN12. The molecule has 0 spiro atoms. The molecule has 2 atom stereocenters. The van der Waals surface area contributed by atoms with Crippen molar-refractivity contribution in [2.45, 2.75) is 37.8 Å². The van der Waals surface area contributed by atoms with Crippen molar-refractivity contribution < 1.29 is 4.79 Å². The van der Waals surface area contributed by atoms with Gasteiger partial charge in [0.25, 0.3) is 0 Å². The number of amides is 1. The second kappa shape index (κ2) is 4.59. The van der Waals surface area contributed by atoms with Gasteiger partial charge in [-0.05, 0) is 37.4 Å². The Morgan fingerprint density at radius 3 is 3.00 bits per heavy atom. The monoisotopic (exact) mass is 295 g/mol. The second-order valence-corrected chi connectivity index (χ2v) is 6.88. The minimum Gasteiger partial charge on any atom is -0.356 e. The van der Waals surface area contributed by atoms with E-state index in [9.17, 15) is 4.79 Å². The molecule has 1 N–H and O–H groups in total. The van der Waals surface area contributed by atoms with Crippen LogP contribution in [0, 0.1) is 0 Å². The molecule has 4 heteroatoms. The molecule has 114 valence electrons. The number of fused-ring (bicyclic) bond motifs is 7. The van der Waals surface area contributed by atoms with Gasteiger partial charge in [-0.3, -0.25) is 9.69 Å². The molecule has 22 heavy (non-hydrogen) atoms. The highest BCUT2D eigenvalue weighted by Gasteiger charge is 2.45. The number of nitrogens with zero attached hydrogens (tertiary/aromatic N) is 2. The molecule has 0 saturated carbocycles. The lowest BCUT2D eigenvalue weighted by Crippen LogP contribution is -2.60. The van der Waals surface area contributed by atoms with Crippen molar-refractivity contribution in [2.24, 2.45) is 0 Å². The van der Waals surface area contributed by atoms with Crippen LogP contribution in [0.5, 0.6) is 0 Å². The summed E-state index contributed by atoms with van der Waals surface area (Å²) in [5.74, 6) is 0.312. The number of rotatable bonds is 0. The lowest BCUT2D eigenvalue weighted by molar-refractivity contribution is -0.146. The molecule has 0 unspecified atom stereocenters. The maximum absolute atomic E-state index is 12.6. The molecule has 2 fully saturated rings. The van der Waals surface area contributed by atoms with Gasteiger partial charge in [-0.25, -0.2) is 0 Å². The number of carbonyl (C=O) groups is 1. The summed E-state index contributed by atoms with van der Waals surface area (Å²) < 4.78 is 0. The number of para-hydroxylation sites is 1. The van der Waals surface area contributed by atoms with E-state index in [-0.39, 0.29) is 6.04 Å². The largest absolute Gasteiger partial charge is 0.356 e. The second-order valence-electron chi connectivity index (χ2n) is 6.88. The first-order valence-corrected chi connectivity index (χ1v) is 8.46. The first-order chi connectivity index (χ1) is 10.8. The Bertz CT molecular complexity index is 750. The molecule has 1 amide bonds. The van der Waals surface area contributed by atoms with E-state index in [4.69, 9.17) is 0 Å². The van der Waals surface area contributed by atoms with Gasteiger partial charge in [0, 0.05) is 29.2 Å². The van der Waals surface area contributed by atoms with E-state index in [0.717, 1.165) is 19.5 Å². The summed E-state index contributed by atoms with van der Waals surface area (Å²) >= 11 is 0. The van der Waals surface area contributed by atoms with Crippen LogP contribution in [0.1, 0.15) is 36.6 Å². The predicted molar refractivity (Wildman–Crippen MR) is 85.7 cm³/mol. The zero-order valence-corrected chi connectivity index (χ0v) is 12.7. The Labute approximate surface area is 130 Å². The summed E-state index contributed by atoms with van der Waals surface area (Å²) in [7, 11) is 0. The van der Waals surface area contributed by atoms with Gasteiger partial charge in [-0.15, -0.1) is 0 Å². The zero-order valence-electron chi connectivity index (χ0n) is 12.7. The summed E-state index contributed by atoms with van der Waals surface area (Å²) in [6, 6.07) is 9.30. The maximum Gasteiger partial charge on any atom is 0.237 e. The highest BCUT2D eigenvalue weighted by Crippen LogP contribution is 2.42. The lowest BCUT2D eigenvalue weighted by atomic mass is 9.85. The highest BCUT2D eigenvalue weighted by molar-refractivity contribution is 5.87. The van der Waals surface area contributed by atoms with E-state index < -0.39 is 0 Å². The quantitative estimate of drug-likeness (QED) is 0.811. The fraction of sp³-hybridized carbons (Fsp3) is 0.500. The van der Waals surface area contributed by atoms with Gasteiger partial charge >= 0.3 is 0 Å². The Balaban J connectivity index is 1.67. The Morgan fingerprint density at radius 1 is 1.14 bits per heavy atom. The van der Waals surface area contributed by atoms with Gasteiger partial charge in [0.1, 0.15) is 0 Å². The zero-order chi connectivity index (χ0) is 14.7. The smallest absolute Gasteiger partial charge is 0.237 e. The average Bonchev–Trinajstić information content (AvgIpc) is 2.93.